The molecule has 0 bridgehead atoms. The predicted molar refractivity (Wildman–Crippen MR) is 90.0 cm³/mol. The highest BCUT2D eigenvalue weighted by Crippen LogP contribution is 2.48. The van der Waals surface area contributed by atoms with E-state index in [1.54, 1.807) is 16.7 Å². The third-order valence-electron chi connectivity index (χ3n) is 5.93. The molecule has 0 aliphatic carbocycles. The molecule has 0 aromatic rings. The number of nitrogens with two attached hydrogens (primary N) is 1. The van der Waals surface area contributed by atoms with E-state index in [1.807, 2.05) is 4.90 Å². The minimum atomic E-state index is -0.753. The summed E-state index contributed by atoms with van der Waals surface area (Å²) in [6, 6.07) is -0.685. The van der Waals surface area contributed by atoms with Gasteiger partial charge in [-0.15, -0.1) is 11.8 Å². The van der Waals surface area contributed by atoms with Gasteiger partial charge in [0, 0.05) is 13.0 Å². The highest BCUT2D eigenvalue weighted by Gasteiger charge is 2.61. The number of carbonyl (C=O) groups is 3. The normalized spacial score (nSPS) is 38.8. The summed E-state index contributed by atoms with van der Waals surface area (Å²) in [5.41, 5.74) is 4.78. The van der Waals surface area contributed by atoms with E-state index in [4.69, 9.17) is 5.73 Å². The first-order valence-electron chi connectivity index (χ1n) is 8.83. The van der Waals surface area contributed by atoms with Gasteiger partial charge in [0.2, 0.25) is 17.7 Å². The van der Waals surface area contributed by atoms with Gasteiger partial charge in [-0.2, -0.15) is 0 Å². The molecule has 3 amide bonds. The zero-order chi connectivity index (χ0) is 16.9. The topological polar surface area (TPSA) is 95.7 Å². The van der Waals surface area contributed by atoms with Gasteiger partial charge in [0.25, 0.3) is 0 Å². The molecule has 7 nitrogen and oxygen atoms in total. The molecule has 4 heterocycles. The van der Waals surface area contributed by atoms with Crippen molar-refractivity contribution in [2.45, 2.75) is 61.5 Å². The fourth-order valence-corrected chi connectivity index (χ4v) is 6.21. The highest BCUT2D eigenvalue weighted by molar-refractivity contribution is 7.99. The smallest absolute Gasteiger partial charge is 0.250 e. The van der Waals surface area contributed by atoms with Crippen LogP contribution in [0, 0.1) is 0 Å². The second kappa shape index (κ2) is 5.91. The fraction of sp³-hybridized carbons (Fsp3) is 0.812. The minimum absolute atomic E-state index is 0.0336. The van der Waals surface area contributed by atoms with Crippen LogP contribution in [0.1, 0.15) is 38.5 Å². The molecule has 132 valence electrons. The van der Waals surface area contributed by atoms with Crippen molar-refractivity contribution in [2.75, 3.05) is 18.8 Å². The summed E-state index contributed by atoms with van der Waals surface area (Å²) in [6.07, 6.45) is 4.61. The highest BCUT2D eigenvalue weighted by atomic mass is 32.2. The van der Waals surface area contributed by atoms with Gasteiger partial charge in [-0.1, -0.05) is 0 Å². The first-order chi connectivity index (χ1) is 11.5. The fourth-order valence-electron chi connectivity index (χ4n) is 4.78. The molecule has 0 unspecified atom stereocenters. The Morgan fingerprint density at radius 1 is 1.29 bits per heavy atom. The molecule has 24 heavy (non-hydrogen) atoms. The molecular formula is C16H24N4O3S. The number of hydrogen-bond acceptors (Lipinski definition) is 5. The van der Waals surface area contributed by atoms with Crippen LogP contribution in [0.4, 0.5) is 0 Å². The van der Waals surface area contributed by atoms with Crippen molar-refractivity contribution in [3.8, 4) is 0 Å². The number of rotatable bonds is 2. The van der Waals surface area contributed by atoms with Crippen molar-refractivity contribution in [1.82, 2.24) is 15.1 Å². The van der Waals surface area contributed by atoms with E-state index in [0.717, 1.165) is 31.6 Å². The lowest BCUT2D eigenvalue weighted by Crippen LogP contribution is -2.58. The lowest BCUT2D eigenvalue weighted by atomic mass is 9.93. The third-order valence-corrected chi connectivity index (χ3v) is 7.18. The van der Waals surface area contributed by atoms with E-state index in [-0.39, 0.29) is 23.2 Å². The number of primary amides is 1. The Morgan fingerprint density at radius 3 is 2.83 bits per heavy atom. The molecule has 4 atom stereocenters. The van der Waals surface area contributed by atoms with Crippen LogP contribution in [-0.2, 0) is 14.4 Å². The molecule has 4 aliphatic heterocycles. The minimum Gasteiger partial charge on any atom is -0.368 e. The molecule has 4 saturated heterocycles. The molecule has 4 rings (SSSR count). The summed E-state index contributed by atoms with van der Waals surface area (Å²) in [4.78, 5) is 41.6. The van der Waals surface area contributed by atoms with Gasteiger partial charge < -0.3 is 20.9 Å². The number of carbonyl (C=O) groups excluding carboxylic acids is 3. The van der Waals surface area contributed by atoms with E-state index in [1.165, 1.54) is 0 Å². The van der Waals surface area contributed by atoms with E-state index < -0.39 is 17.5 Å². The van der Waals surface area contributed by atoms with Crippen LogP contribution in [0.2, 0.25) is 0 Å². The van der Waals surface area contributed by atoms with Crippen molar-refractivity contribution in [2.24, 2.45) is 5.73 Å². The summed E-state index contributed by atoms with van der Waals surface area (Å²) in [5, 5.41) is 3.22. The van der Waals surface area contributed by atoms with Crippen molar-refractivity contribution >= 4 is 29.5 Å². The Morgan fingerprint density at radius 2 is 2.12 bits per heavy atom. The maximum absolute atomic E-state index is 13.3. The van der Waals surface area contributed by atoms with Crippen LogP contribution >= 0.6 is 11.8 Å². The van der Waals surface area contributed by atoms with E-state index in [0.29, 0.717) is 25.8 Å². The molecule has 3 N–H and O–H groups in total. The summed E-state index contributed by atoms with van der Waals surface area (Å²) >= 11 is 1.71. The zero-order valence-corrected chi connectivity index (χ0v) is 14.5. The third kappa shape index (κ3) is 2.26. The number of fused-ring (bicyclic) bond motifs is 1. The van der Waals surface area contributed by atoms with Crippen LogP contribution in [0.3, 0.4) is 0 Å². The molecule has 0 radical (unpaired) electrons. The average Bonchev–Trinajstić information content (AvgIpc) is 3.28. The lowest BCUT2D eigenvalue weighted by Gasteiger charge is -2.37. The summed E-state index contributed by atoms with van der Waals surface area (Å²) in [7, 11) is 0. The predicted octanol–water partition coefficient (Wildman–Crippen LogP) is -0.351. The largest absolute Gasteiger partial charge is 0.368 e. The number of nitrogens with zero attached hydrogens (tertiary/aromatic N) is 2. The Kier molecular flexibility index (Phi) is 3.99. The molecule has 0 aromatic heterocycles. The Labute approximate surface area is 145 Å². The quantitative estimate of drug-likeness (QED) is 0.708. The summed E-state index contributed by atoms with van der Waals surface area (Å²) in [5.74, 6) is 0.390. The van der Waals surface area contributed by atoms with E-state index in [2.05, 4.69) is 5.32 Å². The first kappa shape index (κ1) is 16.2. The Hall–Kier alpha value is -1.28. The number of thioether (sulfide) groups is 1. The van der Waals surface area contributed by atoms with Gasteiger partial charge in [0.05, 0.1) is 11.4 Å². The van der Waals surface area contributed by atoms with Crippen molar-refractivity contribution in [3.05, 3.63) is 0 Å². The second-order valence-electron chi connectivity index (χ2n) is 7.22. The number of likely N-dealkylation sites (tertiary alicyclic amines) is 1. The summed E-state index contributed by atoms with van der Waals surface area (Å²) in [6.45, 7) is 1.49. The van der Waals surface area contributed by atoms with E-state index >= 15 is 0 Å². The van der Waals surface area contributed by atoms with Gasteiger partial charge in [-0.25, -0.2) is 0 Å². The monoisotopic (exact) mass is 352 g/mol. The molecular weight excluding hydrogens is 328 g/mol. The van der Waals surface area contributed by atoms with Gasteiger partial charge in [0.15, 0.2) is 0 Å². The maximum atomic E-state index is 13.3. The molecule has 1 spiro atoms. The number of hydrogen-bond donors (Lipinski definition) is 2. The Bertz CT molecular complexity index is 580. The first-order valence-corrected chi connectivity index (χ1v) is 9.88. The van der Waals surface area contributed by atoms with Gasteiger partial charge in [-0.05, 0) is 44.4 Å². The van der Waals surface area contributed by atoms with Crippen molar-refractivity contribution < 1.29 is 14.4 Å². The van der Waals surface area contributed by atoms with Gasteiger partial charge >= 0.3 is 0 Å². The van der Waals surface area contributed by atoms with Crippen LogP contribution in [0.5, 0.6) is 0 Å². The SMILES string of the molecule is NC(=O)[C@H]1CCS[C@@H]2C[C@]3(CCCN3C(=O)[C@@H]3CCCN3)C(=O)N12. The second-order valence-corrected chi connectivity index (χ2v) is 8.51. The van der Waals surface area contributed by atoms with Gasteiger partial charge in [0.1, 0.15) is 11.6 Å². The summed E-state index contributed by atoms with van der Waals surface area (Å²) < 4.78 is 0. The van der Waals surface area contributed by atoms with Crippen LogP contribution in [0.15, 0.2) is 0 Å². The lowest BCUT2D eigenvalue weighted by molar-refractivity contribution is -0.150. The Balaban J connectivity index is 1.63. The molecule has 4 fully saturated rings. The standard InChI is InChI=1S/C16H24N4O3S/c17-13(21)11-4-8-24-12-9-16(15(23)20(11)12)5-2-7-19(16)14(22)10-3-1-6-18-10/h10-12,18H,1-9H2,(H2,17,21)/t10-,11+,12+,16+/m0/s1. The number of nitrogens with one attached hydrogen (secondary N) is 1. The van der Waals surface area contributed by atoms with Crippen molar-refractivity contribution in [1.29, 1.82) is 0 Å². The van der Waals surface area contributed by atoms with Crippen LogP contribution in [-0.4, -0.2) is 69.4 Å². The van der Waals surface area contributed by atoms with E-state index in [9.17, 15) is 14.4 Å². The molecule has 4 aliphatic rings. The van der Waals surface area contributed by atoms with Gasteiger partial charge in [-0.3, -0.25) is 14.4 Å². The molecule has 8 heteroatoms. The average molecular weight is 352 g/mol. The number of amides is 3. The zero-order valence-electron chi connectivity index (χ0n) is 13.7. The van der Waals surface area contributed by atoms with Crippen LogP contribution < -0.4 is 11.1 Å². The molecule has 0 saturated carbocycles. The van der Waals surface area contributed by atoms with Crippen molar-refractivity contribution in [3.63, 3.8) is 0 Å². The van der Waals surface area contributed by atoms with Crippen LogP contribution in [0.25, 0.3) is 0 Å². The maximum Gasteiger partial charge on any atom is 0.250 e. The molecule has 0 aromatic carbocycles.